The van der Waals surface area contributed by atoms with Gasteiger partial charge in [-0.25, -0.2) is 9.78 Å². The van der Waals surface area contributed by atoms with E-state index in [0.29, 0.717) is 0 Å². The zero-order valence-electron chi connectivity index (χ0n) is 9.97. The minimum absolute atomic E-state index is 0.0398. The van der Waals surface area contributed by atoms with Gasteiger partial charge in [-0.05, 0) is 32.9 Å². The lowest BCUT2D eigenvalue weighted by Gasteiger charge is -2.32. The second-order valence-corrected chi connectivity index (χ2v) is 4.53. The number of rotatable bonds is 2. The van der Waals surface area contributed by atoms with Crippen LogP contribution in [0.1, 0.15) is 31.3 Å². The Morgan fingerprint density at radius 3 is 2.35 bits per heavy atom. The summed E-state index contributed by atoms with van der Waals surface area (Å²) >= 11 is 0. The first-order valence-corrected chi connectivity index (χ1v) is 5.03. The van der Waals surface area contributed by atoms with Gasteiger partial charge in [0.1, 0.15) is 11.5 Å². The van der Waals surface area contributed by atoms with Crippen LogP contribution in [0.15, 0.2) is 18.2 Å². The van der Waals surface area contributed by atoms with Gasteiger partial charge in [-0.15, -0.1) is 0 Å². The molecule has 1 heterocycles. The van der Waals surface area contributed by atoms with Crippen LogP contribution in [-0.2, 0) is 0 Å². The van der Waals surface area contributed by atoms with Crippen LogP contribution < -0.4 is 10.6 Å². The Hall–Kier alpha value is -2.11. The van der Waals surface area contributed by atoms with Crippen molar-refractivity contribution in [2.24, 2.45) is 5.73 Å². The molecule has 0 spiro atoms. The average molecular weight is 237 g/mol. The fraction of sp³-hybridized carbons (Fsp3) is 0.364. The molecule has 0 bridgehead atoms. The third kappa shape index (κ3) is 2.93. The molecular formula is C11H15N3O3. The molecular weight excluding hydrogens is 222 g/mol. The van der Waals surface area contributed by atoms with E-state index in [9.17, 15) is 9.59 Å². The highest BCUT2D eigenvalue weighted by Gasteiger charge is 2.29. The first-order chi connectivity index (χ1) is 7.73. The van der Waals surface area contributed by atoms with Gasteiger partial charge < -0.3 is 10.8 Å². The highest BCUT2D eigenvalue weighted by Crippen LogP contribution is 2.22. The number of amides is 2. The second-order valence-electron chi connectivity index (χ2n) is 4.53. The van der Waals surface area contributed by atoms with Gasteiger partial charge in [0, 0.05) is 5.54 Å². The number of nitrogens with zero attached hydrogens (tertiary/aromatic N) is 2. The van der Waals surface area contributed by atoms with Gasteiger partial charge in [-0.3, -0.25) is 9.69 Å². The van der Waals surface area contributed by atoms with Gasteiger partial charge in [0.2, 0.25) is 0 Å². The number of carbonyl (C=O) groups excluding carboxylic acids is 1. The lowest BCUT2D eigenvalue weighted by Crippen LogP contribution is -2.45. The van der Waals surface area contributed by atoms with Crippen molar-refractivity contribution in [2.45, 2.75) is 26.3 Å². The van der Waals surface area contributed by atoms with E-state index >= 15 is 0 Å². The molecule has 0 radical (unpaired) electrons. The summed E-state index contributed by atoms with van der Waals surface area (Å²) in [6, 6.07) is 4.50. The van der Waals surface area contributed by atoms with Crippen molar-refractivity contribution in [3.63, 3.8) is 0 Å². The lowest BCUT2D eigenvalue weighted by atomic mass is 10.1. The zero-order chi connectivity index (χ0) is 13.2. The van der Waals surface area contributed by atoms with Gasteiger partial charge in [0.05, 0.1) is 0 Å². The van der Waals surface area contributed by atoms with Crippen LogP contribution in [0.5, 0.6) is 0 Å². The Morgan fingerprint density at radius 1 is 1.35 bits per heavy atom. The molecule has 2 amide bonds. The number of carbonyl (C=O) groups is 2. The molecule has 0 aliphatic rings. The number of primary amides is 1. The quantitative estimate of drug-likeness (QED) is 0.813. The Labute approximate surface area is 99.1 Å². The summed E-state index contributed by atoms with van der Waals surface area (Å²) in [6.45, 7) is 5.21. The summed E-state index contributed by atoms with van der Waals surface area (Å²) < 4.78 is 0. The topological polar surface area (TPSA) is 96.5 Å². The SMILES string of the molecule is CC(C)(C)N(C(=O)O)c1cccc(C(N)=O)n1. The molecule has 0 aromatic carbocycles. The number of aromatic nitrogens is 1. The van der Waals surface area contributed by atoms with E-state index in [1.165, 1.54) is 12.1 Å². The Kier molecular flexibility index (Phi) is 3.36. The molecule has 0 aliphatic heterocycles. The van der Waals surface area contributed by atoms with Crippen molar-refractivity contribution in [1.29, 1.82) is 0 Å². The van der Waals surface area contributed by atoms with Crippen molar-refractivity contribution in [3.05, 3.63) is 23.9 Å². The Morgan fingerprint density at radius 2 is 1.94 bits per heavy atom. The zero-order valence-corrected chi connectivity index (χ0v) is 9.97. The standard InChI is InChI=1S/C11H15N3O3/c1-11(2,3)14(10(16)17)8-6-4-5-7(13-8)9(12)15/h4-6H,1-3H3,(H2,12,15)(H,16,17). The molecule has 1 aromatic rings. The monoisotopic (exact) mass is 237 g/mol. The van der Waals surface area contributed by atoms with Crippen LogP contribution in [0, 0.1) is 0 Å². The third-order valence-corrected chi connectivity index (χ3v) is 2.08. The number of hydrogen-bond donors (Lipinski definition) is 2. The van der Waals surface area contributed by atoms with Gasteiger partial charge in [0.25, 0.3) is 5.91 Å². The molecule has 17 heavy (non-hydrogen) atoms. The van der Waals surface area contributed by atoms with Crippen molar-refractivity contribution in [2.75, 3.05) is 4.90 Å². The summed E-state index contributed by atoms with van der Waals surface area (Å²) in [5.41, 5.74) is 4.48. The summed E-state index contributed by atoms with van der Waals surface area (Å²) in [5, 5.41) is 9.16. The fourth-order valence-corrected chi connectivity index (χ4v) is 1.41. The molecule has 3 N–H and O–H groups in total. The maximum absolute atomic E-state index is 11.2. The molecule has 1 rings (SSSR count). The molecule has 0 fully saturated rings. The maximum Gasteiger partial charge on any atom is 0.413 e. The summed E-state index contributed by atoms with van der Waals surface area (Å²) in [5.74, 6) is -0.507. The molecule has 6 heteroatoms. The first-order valence-electron chi connectivity index (χ1n) is 5.03. The van der Waals surface area contributed by atoms with Crippen molar-refractivity contribution < 1.29 is 14.7 Å². The fourth-order valence-electron chi connectivity index (χ4n) is 1.41. The van der Waals surface area contributed by atoms with Crippen LogP contribution in [0.2, 0.25) is 0 Å². The molecule has 0 saturated carbocycles. The third-order valence-electron chi connectivity index (χ3n) is 2.08. The van der Waals surface area contributed by atoms with Crippen LogP contribution in [0.4, 0.5) is 10.6 Å². The van der Waals surface area contributed by atoms with Crippen LogP contribution in [0.3, 0.4) is 0 Å². The number of pyridine rings is 1. The van der Waals surface area contributed by atoms with Gasteiger partial charge in [0.15, 0.2) is 0 Å². The largest absolute Gasteiger partial charge is 0.465 e. The number of anilines is 1. The highest BCUT2D eigenvalue weighted by molar-refractivity contribution is 5.92. The van der Waals surface area contributed by atoms with Crippen molar-refractivity contribution >= 4 is 17.8 Å². The number of carboxylic acid groups (broad SMARTS) is 1. The van der Waals surface area contributed by atoms with Crippen molar-refractivity contribution in [1.82, 2.24) is 4.98 Å². The van der Waals surface area contributed by atoms with E-state index in [4.69, 9.17) is 10.8 Å². The minimum Gasteiger partial charge on any atom is -0.465 e. The van der Waals surface area contributed by atoms with Gasteiger partial charge in [-0.1, -0.05) is 6.07 Å². The van der Waals surface area contributed by atoms with Gasteiger partial charge in [-0.2, -0.15) is 0 Å². The molecule has 6 nitrogen and oxygen atoms in total. The summed E-state index contributed by atoms with van der Waals surface area (Å²) in [6.07, 6.45) is -1.13. The summed E-state index contributed by atoms with van der Waals surface area (Å²) in [4.78, 5) is 27.2. The van der Waals surface area contributed by atoms with Crippen LogP contribution in [-0.4, -0.2) is 27.6 Å². The highest BCUT2D eigenvalue weighted by atomic mass is 16.4. The van der Waals surface area contributed by atoms with E-state index in [0.717, 1.165) is 4.90 Å². The Balaban J connectivity index is 3.25. The van der Waals surface area contributed by atoms with Crippen LogP contribution in [0.25, 0.3) is 0 Å². The Bertz CT molecular complexity index is 452. The average Bonchev–Trinajstić information content (AvgIpc) is 2.15. The predicted octanol–water partition coefficient (Wildman–Crippen LogP) is 1.46. The number of hydrogen-bond acceptors (Lipinski definition) is 3. The lowest BCUT2D eigenvalue weighted by molar-refractivity contribution is 0.0995. The molecule has 0 unspecified atom stereocenters. The normalized spacial score (nSPS) is 11.0. The smallest absolute Gasteiger partial charge is 0.413 e. The molecule has 0 aliphatic carbocycles. The maximum atomic E-state index is 11.2. The first kappa shape index (κ1) is 13.0. The number of nitrogens with two attached hydrogens (primary N) is 1. The van der Waals surface area contributed by atoms with E-state index in [1.54, 1.807) is 26.8 Å². The van der Waals surface area contributed by atoms with E-state index in [2.05, 4.69) is 4.98 Å². The summed E-state index contributed by atoms with van der Waals surface area (Å²) in [7, 11) is 0. The molecule has 1 aromatic heterocycles. The van der Waals surface area contributed by atoms with Crippen LogP contribution >= 0.6 is 0 Å². The van der Waals surface area contributed by atoms with E-state index < -0.39 is 17.5 Å². The van der Waals surface area contributed by atoms with Crippen molar-refractivity contribution in [3.8, 4) is 0 Å². The molecule has 0 atom stereocenters. The minimum atomic E-state index is -1.13. The van der Waals surface area contributed by atoms with Gasteiger partial charge >= 0.3 is 6.09 Å². The molecule has 92 valence electrons. The second kappa shape index (κ2) is 4.40. The molecule has 0 saturated heterocycles. The van der Waals surface area contributed by atoms with E-state index in [-0.39, 0.29) is 11.5 Å². The predicted molar refractivity (Wildman–Crippen MR) is 63.0 cm³/mol. The van der Waals surface area contributed by atoms with E-state index in [1.807, 2.05) is 0 Å².